The molecule has 0 N–H and O–H groups in total. The molecule has 0 atom stereocenters. The van der Waals surface area contributed by atoms with Gasteiger partial charge in [-0.15, -0.1) is 0 Å². The van der Waals surface area contributed by atoms with Crippen molar-refractivity contribution in [3.8, 4) is 0 Å². The molecule has 0 radical (unpaired) electrons. The van der Waals surface area contributed by atoms with E-state index in [-0.39, 0.29) is 0 Å². The molecule has 0 aromatic carbocycles. The zero-order valence-electron chi connectivity index (χ0n) is 8.33. The molecule has 0 amide bonds. The molecule has 1 aliphatic heterocycles. The van der Waals surface area contributed by atoms with Crippen LogP contribution in [0.15, 0.2) is 24.7 Å². The van der Waals surface area contributed by atoms with Crippen LogP contribution >= 0.6 is 0 Å². The van der Waals surface area contributed by atoms with E-state index in [1.54, 1.807) is 10.8 Å². The van der Waals surface area contributed by atoms with Gasteiger partial charge in [0, 0.05) is 13.1 Å². The Morgan fingerprint density at radius 2 is 2.07 bits per heavy atom. The number of fused-ring (bicyclic) bond motifs is 1. The summed E-state index contributed by atoms with van der Waals surface area (Å²) in [4.78, 5) is 6.41. The molecule has 3 heterocycles. The summed E-state index contributed by atoms with van der Waals surface area (Å²) >= 11 is 0. The summed E-state index contributed by atoms with van der Waals surface area (Å²) in [6, 6.07) is 4.06. The van der Waals surface area contributed by atoms with E-state index in [0.29, 0.717) is 0 Å². The molecular formula is C10H12N4O. The molecule has 0 saturated carbocycles. The van der Waals surface area contributed by atoms with Gasteiger partial charge in [-0.3, -0.25) is 0 Å². The number of ether oxygens (including phenoxy) is 1. The average molecular weight is 204 g/mol. The van der Waals surface area contributed by atoms with Crippen LogP contribution in [0.25, 0.3) is 5.65 Å². The van der Waals surface area contributed by atoms with Crippen molar-refractivity contribution in [3.05, 3.63) is 24.7 Å². The number of aromatic nitrogens is 3. The molecule has 5 heteroatoms. The van der Waals surface area contributed by atoms with Gasteiger partial charge in [0.05, 0.1) is 25.1 Å². The Hall–Kier alpha value is -1.62. The molecule has 1 aliphatic rings. The fourth-order valence-corrected chi connectivity index (χ4v) is 1.81. The van der Waals surface area contributed by atoms with E-state index in [4.69, 9.17) is 4.74 Å². The first-order chi connectivity index (χ1) is 7.43. The predicted octanol–water partition coefficient (Wildman–Crippen LogP) is 0.566. The second-order valence-corrected chi connectivity index (χ2v) is 3.55. The Morgan fingerprint density at radius 3 is 2.93 bits per heavy atom. The molecule has 78 valence electrons. The van der Waals surface area contributed by atoms with Crippen molar-refractivity contribution in [2.75, 3.05) is 31.2 Å². The fourth-order valence-electron chi connectivity index (χ4n) is 1.81. The lowest BCUT2D eigenvalue weighted by atomic mass is 10.3. The summed E-state index contributed by atoms with van der Waals surface area (Å²) in [5.74, 6) is 0. The van der Waals surface area contributed by atoms with E-state index in [0.717, 1.165) is 32.0 Å². The van der Waals surface area contributed by atoms with Crippen molar-refractivity contribution in [3.63, 3.8) is 0 Å². The fraction of sp³-hybridized carbons (Fsp3) is 0.400. The normalized spacial score (nSPS) is 17.2. The molecule has 1 saturated heterocycles. The van der Waals surface area contributed by atoms with Crippen molar-refractivity contribution >= 4 is 11.3 Å². The van der Waals surface area contributed by atoms with E-state index < -0.39 is 0 Å². The first-order valence-corrected chi connectivity index (χ1v) is 5.05. The number of rotatable bonds is 1. The van der Waals surface area contributed by atoms with Crippen molar-refractivity contribution in [2.45, 2.75) is 0 Å². The number of nitrogens with zero attached hydrogens (tertiary/aromatic N) is 4. The Labute approximate surface area is 87.3 Å². The van der Waals surface area contributed by atoms with Gasteiger partial charge in [0.25, 0.3) is 0 Å². The number of anilines is 1. The minimum atomic E-state index is 0.801. The van der Waals surface area contributed by atoms with Crippen molar-refractivity contribution in [1.29, 1.82) is 0 Å². The smallest absolute Gasteiger partial charge is 0.155 e. The van der Waals surface area contributed by atoms with E-state index in [9.17, 15) is 0 Å². The van der Waals surface area contributed by atoms with Crippen molar-refractivity contribution in [1.82, 2.24) is 14.6 Å². The molecule has 1 fully saturated rings. The molecule has 0 aliphatic carbocycles. The van der Waals surface area contributed by atoms with Crippen LogP contribution < -0.4 is 4.90 Å². The molecule has 15 heavy (non-hydrogen) atoms. The summed E-state index contributed by atoms with van der Waals surface area (Å²) < 4.78 is 7.11. The summed E-state index contributed by atoms with van der Waals surface area (Å²) in [7, 11) is 0. The summed E-state index contributed by atoms with van der Waals surface area (Å²) in [6.07, 6.45) is 3.58. The van der Waals surface area contributed by atoms with Crippen LogP contribution in [0, 0.1) is 0 Å². The van der Waals surface area contributed by atoms with Crippen LogP contribution in [-0.4, -0.2) is 40.9 Å². The Morgan fingerprint density at radius 1 is 1.20 bits per heavy atom. The highest BCUT2D eigenvalue weighted by atomic mass is 16.5. The number of morpholine rings is 1. The van der Waals surface area contributed by atoms with Crippen LogP contribution in [0.3, 0.4) is 0 Å². The highest BCUT2D eigenvalue weighted by Crippen LogP contribution is 2.15. The molecule has 5 nitrogen and oxygen atoms in total. The lowest BCUT2D eigenvalue weighted by Gasteiger charge is -2.28. The van der Waals surface area contributed by atoms with Gasteiger partial charge >= 0.3 is 0 Å². The number of hydrogen-bond acceptors (Lipinski definition) is 4. The second kappa shape index (κ2) is 3.51. The van der Waals surface area contributed by atoms with Crippen molar-refractivity contribution < 1.29 is 4.74 Å². The standard InChI is InChI=1S/C10H12N4O/c1-2-10-11-8-12-14(10)7-9(1)13-3-5-15-6-4-13/h1-2,7-8H,3-6H2. The van der Waals surface area contributed by atoms with Gasteiger partial charge in [-0.05, 0) is 12.1 Å². The third kappa shape index (κ3) is 1.55. The monoisotopic (exact) mass is 204 g/mol. The van der Waals surface area contributed by atoms with E-state index in [1.807, 2.05) is 12.3 Å². The highest BCUT2D eigenvalue weighted by molar-refractivity contribution is 5.51. The zero-order valence-corrected chi connectivity index (χ0v) is 8.33. The first-order valence-electron chi connectivity index (χ1n) is 5.05. The van der Waals surface area contributed by atoms with E-state index >= 15 is 0 Å². The van der Waals surface area contributed by atoms with Crippen LogP contribution in [-0.2, 0) is 4.74 Å². The second-order valence-electron chi connectivity index (χ2n) is 3.55. The lowest BCUT2D eigenvalue weighted by molar-refractivity contribution is 0.122. The minimum absolute atomic E-state index is 0.801. The molecule has 0 bridgehead atoms. The molecule has 3 rings (SSSR count). The van der Waals surface area contributed by atoms with Crippen molar-refractivity contribution in [2.24, 2.45) is 0 Å². The average Bonchev–Trinajstić information content (AvgIpc) is 2.77. The molecule has 0 spiro atoms. The molecule has 2 aromatic heterocycles. The Kier molecular flexibility index (Phi) is 2.03. The quantitative estimate of drug-likeness (QED) is 0.681. The maximum atomic E-state index is 5.32. The maximum absolute atomic E-state index is 5.32. The SMILES string of the molecule is c1nc2ccc(N3CCOCC3)cn2n1. The summed E-state index contributed by atoms with van der Waals surface area (Å²) in [5.41, 5.74) is 2.06. The number of hydrogen-bond donors (Lipinski definition) is 0. The van der Waals surface area contributed by atoms with Gasteiger partial charge in [0.2, 0.25) is 0 Å². The van der Waals surface area contributed by atoms with Gasteiger partial charge < -0.3 is 9.64 Å². The Bertz CT molecular complexity index is 461. The molecule has 0 unspecified atom stereocenters. The third-order valence-corrected chi connectivity index (χ3v) is 2.63. The van der Waals surface area contributed by atoms with Crippen LogP contribution in [0.4, 0.5) is 5.69 Å². The third-order valence-electron chi connectivity index (χ3n) is 2.63. The topological polar surface area (TPSA) is 42.7 Å². The van der Waals surface area contributed by atoms with Crippen LogP contribution in [0.1, 0.15) is 0 Å². The first kappa shape index (κ1) is 8.67. The summed E-state index contributed by atoms with van der Waals surface area (Å²) in [5, 5.41) is 4.12. The van der Waals surface area contributed by atoms with Crippen LogP contribution in [0.5, 0.6) is 0 Å². The van der Waals surface area contributed by atoms with Gasteiger partial charge in [0.15, 0.2) is 5.65 Å². The highest BCUT2D eigenvalue weighted by Gasteiger charge is 2.11. The lowest BCUT2D eigenvalue weighted by Crippen LogP contribution is -2.36. The maximum Gasteiger partial charge on any atom is 0.155 e. The minimum Gasteiger partial charge on any atom is -0.378 e. The van der Waals surface area contributed by atoms with Gasteiger partial charge in [-0.25, -0.2) is 9.50 Å². The van der Waals surface area contributed by atoms with E-state index in [1.165, 1.54) is 5.69 Å². The van der Waals surface area contributed by atoms with Gasteiger partial charge in [-0.1, -0.05) is 0 Å². The molecular weight excluding hydrogens is 192 g/mol. The number of pyridine rings is 1. The largest absolute Gasteiger partial charge is 0.378 e. The van der Waals surface area contributed by atoms with Gasteiger partial charge in [0.1, 0.15) is 6.33 Å². The van der Waals surface area contributed by atoms with E-state index in [2.05, 4.69) is 21.0 Å². The Balaban J connectivity index is 1.95. The summed E-state index contributed by atoms with van der Waals surface area (Å²) in [6.45, 7) is 3.49. The molecule has 2 aromatic rings. The van der Waals surface area contributed by atoms with Crippen LogP contribution in [0.2, 0.25) is 0 Å². The van der Waals surface area contributed by atoms with Gasteiger partial charge in [-0.2, -0.15) is 5.10 Å². The predicted molar refractivity (Wildman–Crippen MR) is 56.0 cm³/mol. The zero-order chi connectivity index (χ0) is 10.1.